The number of aromatic nitrogens is 2. The van der Waals surface area contributed by atoms with E-state index in [0.29, 0.717) is 11.3 Å². The number of alkyl halides is 3. The summed E-state index contributed by atoms with van der Waals surface area (Å²) in [7, 11) is 0. The lowest BCUT2D eigenvalue weighted by Gasteiger charge is -2.27. The minimum atomic E-state index is -4.45. The molecule has 0 fully saturated rings. The number of nitrogens with one attached hydrogen (secondary N) is 3. The summed E-state index contributed by atoms with van der Waals surface area (Å²) in [5.74, 6) is 0. The second kappa shape index (κ2) is 4.26. The predicted molar refractivity (Wildman–Crippen MR) is 64.0 cm³/mol. The Balaban J connectivity index is 2.08. The van der Waals surface area contributed by atoms with Gasteiger partial charge < -0.3 is 10.6 Å². The third-order valence-corrected chi connectivity index (χ3v) is 3.05. The molecule has 1 atom stereocenters. The van der Waals surface area contributed by atoms with Crippen LogP contribution in [0.1, 0.15) is 22.9 Å². The second-order valence-electron chi connectivity index (χ2n) is 4.34. The molecular formula is C12H9F3N4O. The predicted octanol–water partition coefficient (Wildman–Crippen LogP) is 2.65. The van der Waals surface area contributed by atoms with E-state index < -0.39 is 23.8 Å². The van der Waals surface area contributed by atoms with Crippen molar-refractivity contribution in [3.05, 3.63) is 47.3 Å². The van der Waals surface area contributed by atoms with Crippen LogP contribution >= 0.6 is 0 Å². The van der Waals surface area contributed by atoms with Gasteiger partial charge in [-0.15, -0.1) is 0 Å². The zero-order valence-corrected chi connectivity index (χ0v) is 9.95. The molecule has 20 heavy (non-hydrogen) atoms. The number of benzene rings is 1. The van der Waals surface area contributed by atoms with Gasteiger partial charge in [0.25, 0.3) is 0 Å². The van der Waals surface area contributed by atoms with Crippen LogP contribution in [0.25, 0.3) is 0 Å². The number of hydrogen-bond acceptors (Lipinski definition) is 2. The standard InChI is InChI=1S/C12H9F3N4O/c13-12(14,15)6-1-2-7-9(5-6)17-11(20)18-10(7)8-3-4-16-19-8/h1-5,10H,(H,16,19)(H2,17,18,20). The van der Waals surface area contributed by atoms with Crippen molar-refractivity contribution in [1.29, 1.82) is 0 Å². The van der Waals surface area contributed by atoms with E-state index >= 15 is 0 Å². The summed E-state index contributed by atoms with van der Waals surface area (Å²) in [6, 6.07) is 3.80. The maximum Gasteiger partial charge on any atom is 0.416 e. The molecule has 0 spiro atoms. The number of anilines is 1. The van der Waals surface area contributed by atoms with Crippen LogP contribution in [0, 0.1) is 0 Å². The number of nitrogens with zero attached hydrogens (tertiary/aromatic N) is 1. The molecule has 104 valence electrons. The molecule has 2 heterocycles. The highest BCUT2D eigenvalue weighted by Crippen LogP contribution is 2.36. The van der Waals surface area contributed by atoms with Gasteiger partial charge in [-0.2, -0.15) is 18.3 Å². The number of hydrogen-bond donors (Lipinski definition) is 3. The summed E-state index contributed by atoms with van der Waals surface area (Å²) in [5, 5.41) is 11.5. The lowest BCUT2D eigenvalue weighted by Crippen LogP contribution is -2.38. The van der Waals surface area contributed by atoms with Gasteiger partial charge in [-0.3, -0.25) is 5.10 Å². The van der Waals surface area contributed by atoms with Crippen molar-refractivity contribution in [3.63, 3.8) is 0 Å². The third-order valence-electron chi connectivity index (χ3n) is 3.05. The number of halogens is 3. The normalized spacial score (nSPS) is 18.1. The first-order valence-electron chi connectivity index (χ1n) is 5.73. The molecule has 0 saturated carbocycles. The van der Waals surface area contributed by atoms with Crippen LogP contribution in [-0.4, -0.2) is 16.2 Å². The molecule has 1 aliphatic rings. The van der Waals surface area contributed by atoms with Crippen LogP contribution in [0.15, 0.2) is 30.5 Å². The van der Waals surface area contributed by atoms with E-state index in [1.54, 1.807) is 6.07 Å². The van der Waals surface area contributed by atoms with Crippen molar-refractivity contribution in [2.75, 3.05) is 5.32 Å². The first-order chi connectivity index (χ1) is 9.45. The van der Waals surface area contributed by atoms with Gasteiger partial charge >= 0.3 is 12.2 Å². The highest BCUT2D eigenvalue weighted by atomic mass is 19.4. The number of fused-ring (bicyclic) bond motifs is 1. The minimum Gasteiger partial charge on any atom is -0.325 e. The Bertz CT molecular complexity index is 651. The number of H-pyrrole nitrogens is 1. The lowest BCUT2D eigenvalue weighted by atomic mass is 9.98. The van der Waals surface area contributed by atoms with Gasteiger partial charge in [-0.1, -0.05) is 6.07 Å². The third kappa shape index (κ3) is 2.09. The molecule has 0 saturated heterocycles. The fourth-order valence-electron chi connectivity index (χ4n) is 2.13. The van der Waals surface area contributed by atoms with Crippen molar-refractivity contribution in [2.24, 2.45) is 0 Å². The highest BCUT2D eigenvalue weighted by molar-refractivity contribution is 5.93. The monoisotopic (exact) mass is 282 g/mol. The summed E-state index contributed by atoms with van der Waals surface area (Å²) < 4.78 is 38.0. The van der Waals surface area contributed by atoms with Crippen molar-refractivity contribution in [3.8, 4) is 0 Å². The van der Waals surface area contributed by atoms with Crippen molar-refractivity contribution >= 4 is 11.7 Å². The van der Waals surface area contributed by atoms with Crippen LogP contribution in [0.3, 0.4) is 0 Å². The van der Waals surface area contributed by atoms with Crippen molar-refractivity contribution < 1.29 is 18.0 Å². The van der Waals surface area contributed by atoms with Gasteiger partial charge in [0.2, 0.25) is 0 Å². The van der Waals surface area contributed by atoms with E-state index in [0.717, 1.165) is 12.1 Å². The Labute approximate surface area is 111 Å². The van der Waals surface area contributed by atoms with Gasteiger partial charge in [0.15, 0.2) is 0 Å². The van der Waals surface area contributed by atoms with Crippen LogP contribution in [-0.2, 0) is 6.18 Å². The van der Waals surface area contributed by atoms with Gasteiger partial charge in [0.1, 0.15) is 0 Å². The quantitative estimate of drug-likeness (QED) is 0.752. The molecule has 1 unspecified atom stereocenters. The molecule has 8 heteroatoms. The Morgan fingerprint density at radius 3 is 2.65 bits per heavy atom. The van der Waals surface area contributed by atoms with Crippen molar-refractivity contribution in [1.82, 2.24) is 15.5 Å². The van der Waals surface area contributed by atoms with E-state index in [2.05, 4.69) is 20.8 Å². The van der Waals surface area contributed by atoms with Crippen LogP contribution in [0.2, 0.25) is 0 Å². The lowest BCUT2D eigenvalue weighted by molar-refractivity contribution is -0.137. The molecule has 0 radical (unpaired) electrons. The summed E-state index contributed by atoms with van der Waals surface area (Å²) >= 11 is 0. The highest BCUT2D eigenvalue weighted by Gasteiger charge is 2.33. The Kier molecular flexibility index (Phi) is 2.66. The van der Waals surface area contributed by atoms with E-state index in [1.807, 2.05) is 0 Å². The van der Waals surface area contributed by atoms with E-state index in [1.165, 1.54) is 12.3 Å². The second-order valence-corrected chi connectivity index (χ2v) is 4.34. The molecule has 1 aromatic heterocycles. The molecule has 3 rings (SSSR count). The molecule has 2 aromatic rings. The summed E-state index contributed by atoms with van der Waals surface area (Å²) in [6.07, 6.45) is -2.94. The summed E-state index contributed by atoms with van der Waals surface area (Å²) in [6.45, 7) is 0. The molecular weight excluding hydrogens is 273 g/mol. The fourth-order valence-corrected chi connectivity index (χ4v) is 2.13. The maximum atomic E-state index is 12.7. The number of carbonyl (C=O) groups excluding carboxylic acids is 1. The number of aromatic amines is 1. The smallest absolute Gasteiger partial charge is 0.325 e. The Hall–Kier alpha value is -2.51. The van der Waals surface area contributed by atoms with Crippen LogP contribution < -0.4 is 10.6 Å². The number of amides is 2. The molecule has 2 amide bonds. The van der Waals surface area contributed by atoms with Gasteiger partial charge in [-0.05, 0) is 18.2 Å². The van der Waals surface area contributed by atoms with E-state index in [-0.39, 0.29) is 5.69 Å². The van der Waals surface area contributed by atoms with Gasteiger partial charge in [-0.25, -0.2) is 4.79 Å². The molecule has 3 N–H and O–H groups in total. The molecule has 1 aliphatic heterocycles. The molecule has 0 bridgehead atoms. The van der Waals surface area contributed by atoms with Gasteiger partial charge in [0.05, 0.1) is 17.3 Å². The molecule has 5 nitrogen and oxygen atoms in total. The summed E-state index contributed by atoms with van der Waals surface area (Å²) in [4.78, 5) is 11.6. The topological polar surface area (TPSA) is 69.8 Å². The van der Waals surface area contributed by atoms with E-state index in [9.17, 15) is 18.0 Å². The first-order valence-corrected chi connectivity index (χ1v) is 5.73. The number of carbonyl (C=O) groups is 1. The van der Waals surface area contributed by atoms with Crippen LogP contribution in [0.5, 0.6) is 0 Å². The van der Waals surface area contributed by atoms with Crippen LogP contribution in [0.4, 0.5) is 23.7 Å². The minimum absolute atomic E-state index is 0.142. The average Bonchev–Trinajstić information content (AvgIpc) is 2.89. The zero-order chi connectivity index (χ0) is 14.3. The molecule has 1 aromatic carbocycles. The number of urea groups is 1. The number of rotatable bonds is 1. The SMILES string of the molecule is O=C1Nc2cc(C(F)(F)F)ccc2C(c2ccn[nH]2)N1. The maximum absolute atomic E-state index is 12.7. The first kappa shape index (κ1) is 12.5. The van der Waals surface area contributed by atoms with E-state index in [4.69, 9.17) is 0 Å². The Morgan fingerprint density at radius 2 is 2.00 bits per heavy atom. The summed E-state index contributed by atoms with van der Waals surface area (Å²) in [5.41, 5.74) is 0.479. The molecule has 0 aliphatic carbocycles. The average molecular weight is 282 g/mol. The largest absolute Gasteiger partial charge is 0.416 e. The van der Waals surface area contributed by atoms with Crippen molar-refractivity contribution in [2.45, 2.75) is 12.2 Å². The zero-order valence-electron chi connectivity index (χ0n) is 9.95. The fraction of sp³-hybridized carbons (Fsp3) is 0.167. The van der Waals surface area contributed by atoms with Gasteiger partial charge in [0, 0.05) is 17.4 Å². The Morgan fingerprint density at radius 1 is 1.20 bits per heavy atom.